The molecular weight excluding hydrogens is 240 g/mol. The molecule has 0 aromatic carbocycles. The summed E-state index contributed by atoms with van der Waals surface area (Å²) >= 11 is 0. The first-order valence-electron chi connectivity index (χ1n) is 8.07. The van der Waals surface area contributed by atoms with Crippen LogP contribution in [0.15, 0.2) is 0 Å². The summed E-state index contributed by atoms with van der Waals surface area (Å²) in [5.41, 5.74) is 0. The summed E-state index contributed by atoms with van der Waals surface area (Å²) in [6.07, 6.45) is 15.8. The Balaban J connectivity index is 2.93. The molecule has 19 heavy (non-hydrogen) atoms. The highest BCUT2D eigenvalue weighted by Gasteiger charge is 1.96. The molecule has 0 radical (unpaired) electrons. The molecule has 0 saturated carbocycles. The summed E-state index contributed by atoms with van der Waals surface area (Å²) in [4.78, 5) is 10.2. The smallest absolute Gasteiger partial charge is 0.329 e. The molecule has 3 heteroatoms. The van der Waals surface area contributed by atoms with Crippen LogP contribution in [-0.4, -0.2) is 24.3 Å². The molecule has 0 aliphatic carbocycles. The number of aliphatic carboxylic acids is 1. The summed E-state index contributed by atoms with van der Waals surface area (Å²) in [7, 11) is 0. The fourth-order valence-corrected chi connectivity index (χ4v) is 2.20. The Kier molecular flexibility index (Phi) is 15.0. The van der Waals surface area contributed by atoms with Gasteiger partial charge in [-0.25, -0.2) is 4.79 Å². The number of ether oxygens (including phenoxy) is 1. The second kappa shape index (κ2) is 15.5. The molecule has 114 valence electrons. The van der Waals surface area contributed by atoms with Crippen molar-refractivity contribution in [3.63, 3.8) is 0 Å². The van der Waals surface area contributed by atoms with E-state index in [1.165, 1.54) is 64.2 Å². The maximum Gasteiger partial charge on any atom is 0.329 e. The summed E-state index contributed by atoms with van der Waals surface area (Å²) in [6, 6.07) is 0. The zero-order valence-corrected chi connectivity index (χ0v) is 12.7. The fraction of sp³-hybridized carbons (Fsp3) is 0.938. The van der Waals surface area contributed by atoms with Crippen LogP contribution in [-0.2, 0) is 9.53 Å². The van der Waals surface area contributed by atoms with Gasteiger partial charge in [-0.05, 0) is 6.42 Å². The summed E-state index contributed by atoms with van der Waals surface area (Å²) in [5, 5.41) is 8.38. The Labute approximate surface area is 118 Å². The third-order valence-electron chi connectivity index (χ3n) is 3.37. The second-order valence-electron chi connectivity index (χ2n) is 5.34. The Hall–Kier alpha value is -0.570. The number of carbonyl (C=O) groups is 1. The quantitative estimate of drug-likeness (QED) is 0.436. The number of rotatable bonds is 15. The lowest BCUT2D eigenvalue weighted by molar-refractivity contribution is -0.142. The van der Waals surface area contributed by atoms with Gasteiger partial charge in [0.05, 0.1) is 0 Å². The Morgan fingerprint density at radius 3 is 1.63 bits per heavy atom. The Bertz CT molecular complexity index is 192. The van der Waals surface area contributed by atoms with Gasteiger partial charge in [0.2, 0.25) is 0 Å². The van der Waals surface area contributed by atoms with Gasteiger partial charge < -0.3 is 9.84 Å². The SMILES string of the molecule is CCCCCCCCCCCCCCOCC(=O)O. The number of unbranched alkanes of at least 4 members (excludes halogenated alkanes) is 11. The van der Waals surface area contributed by atoms with E-state index < -0.39 is 5.97 Å². The maximum atomic E-state index is 10.2. The van der Waals surface area contributed by atoms with Gasteiger partial charge in [-0.2, -0.15) is 0 Å². The van der Waals surface area contributed by atoms with Gasteiger partial charge in [-0.1, -0.05) is 77.6 Å². The molecule has 1 N–H and O–H groups in total. The minimum Gasteiger partial charge on any atom is -0.480 e. The number of carboxylic acids is 1. The van der Waals surface area contributed by atoms with E-state index in [4.69, 9.17) is 9.84 Å². The molecule has 0 rings (SSSR count). The van der Waals surface area contributed by atoms with E-state index in [0.29, 0.717) is 6.61 Å². The van der Waals surface area contributed by atoms with E-state index in [1.54, 1.807) is 0 Å². The topological polar surface area (TPSA) is 46.5 Å². The van der Waals surface area contributed by atoms with E-state index in [-0.39, 0.29) is 6.61 Å². The van der Waals surface area contributed by atoms with Crippen molar-refractivity contribution in [3.8, 4) is 0 Å². The van der Waals surface area contributed by atoms with Gasteiger partial charge in [0.15, 0.2) is 0 Å². The lowest BCUT2D eigenvalue weighted by Crippen LogP contribution is -2.07. The molecule has 0 unspecified atom stereocenters. The van der Waals surface area contributed by atoms with Crippen LogP contribution in [0, 0.1) is 0 Å². The first-order valence-corrected chi connectivity index (χ1v) is 8.07. The maximum absolute atomic E-state index is 10.2. The van der Waals surface area contributed by atoms with Gasteiger partial charge in [0.25, 0.3) is 0 Å². The lowest BCUT2D eigenvalue weighted by atomic mass is 10.1. The highest BCUT2D eigenvalue weighted by atomic mass is 16.5. The van der Waals surface area contributed by atoms with Gasteiger partial charge in [0, 0.05) is 6.61 Å². The van der Waals surface area contributed by atoms with Gasteiger partial charge in [0.1, 0.15) is 6.61 Å². The van der Waals surface area contributed by atoms with Gasteiger partial charge >= 0.3 is 5.97 Å². The zero-order chi connectivity index (χ0) is 14.2. The molecule has 0 bridgehead atoms. The first kappa shape index (κ1) is 18.4. The highest BCUT2D eigenvalue weighted by molar-refractivity contribution is 5.67. The molecular formula is C16H32O3. The predicted octanol–water partition coefficient (Wildman–Crippen LogP) is 4.79. The van der Waals surface area contributed by atoms with Crippen LogP contribution in [0.5, 0.6) is 0 Å². The van der Waals surface area contributed by atoms with Gasteiger partial charge in [-0.3, -0.25) is 0 Å². The van der Waals surface area contributed by atoms with Crippen LogP contribution in [0.2, 0.25) is 0 Å². The summed E-state index contributed by atoms with van der Waals surface area (Å²) in [5.74, 6) is -0.876. The average Bonchev–Trinajstić information content (AvgIpc) is 2.39. The Morgan fingerprint density at radius 2 is 1.21 bits per heavy atom. The predicted molar refractivity (Wildman–Crippen MR) is 79.5 cm³/mol. The third kappa shape index (κ3) is 17.4. The van der Waals surface area contributed by atoms with E-state index in [9.17, 15) is 4.79 Å². The van der Waals surface area contributed by atoms with Crippen LogP contribution in [0.3, 0.4) is 0 Å². The van der Waals surface area contributed by atoms with Crippen molar-refractivity contribution in [1.82, 2.24) is 0 Å². The number of carboxylic acid groups (broad SMARTS) is 1. The first-order chi connectivity index (χ1) is 9.27. The molecule has 0 aromatic heterocycles. The normalized spacial score (nSPS) is 10.8. The molecule has 0 spiro atoms. The van der Waals surface area contributed by atoms with Crippen molar-refractivity contribution in [2.45, 2.75) is 84.0 Å². The van der Waals surface area contributed by atoms with E-state index in [0.717, 1.165) is 12.8 Å². The molecule has 0 heterocycles. The van der Waals surface area contributed by atoms with Crippen molar-refractivity contribution in [2.75, 3.05) is 13.2 Å². The molecule has 0 amide bonds. The molecule has 0 aliphatic heterocycles. The second-order valence-corrected chi connectivity index (χ2v) is 5.34. The van der Waals surface area contributed by atoms with Crippen molar-refractivity contribution >= 4 is 5.97 Å². The zero-order valence-electron chi connectivity index (χ0n) is 12.7. The molecule has 0 fully saturated rings. The summed E-state index contributed by atoms with van der Waals surface area (Å²) in [6.45, 7) is 2.69. The van der Waals surface area contributed by atoms with Crippen molar-refractivity contribution in [1.29, 1.82) is 0 Å². The van der Waals surface area contributed by atoms with Crippen LogP contribution >= 0.6 is 0 Å². The molecule has 0 aliphatic rings. The largest absolute Gasteiger partial charge is 0.480 e. The minimum atomic E-state index is -0.876. The molecule has 0 atom stereocenters. The molecule has 0 saturated heterocycles. The van der Waals surface area contributed by atoms with E-state index >= 15 is 0 Å². The molecule has 0 aromatic rings. The van der Waals surface area contributed by atoms with Crippen molar-refractivity contribution in [3.05, 3.63) is 0 Å². The number of hydrogen-bond acceptors (Lipinski definition) is 2. The standard InChI is InChI=1S/C16H32O3/c1-2-3-4-5-6-7-8-9-10-11-12-13-14-19-15-16(17)18/h2-15H2,1H3,(H,17,18). The van der Waals surface area contributed by atoms with Crippen LogP contribution in [0.1, 0.15) is 84.0 Å². The number of hydrogen-bond donors (Lipinski definition) is 1. The summed E-state index contributed by atoms with van der Waals surface area (Å²) < 4.78 is 4.99. The third-order valence-corrected chi connectivity index (χ3v) is 3.37. The monoisotopic (exact) mass is 272 g/mol. The van der Waals surface area contributed by atoms with Crippen LogP contribution < -0.4 is 0 Å². The van der Waals surface area contributed by atoms with Crippen LogP contribution in [0.4, 0.5) is 0 Å². The Morgan fingerprint density at radius 1 is 0.789 bits per heavy atom. The van der Waals surface area contributed by atoms with E-state index in [1.807, 2.05) is 0 Å². The lowest BCUT2D eigenvalue weighted by Gasteiger charge is -2.03. The molecule has 3 nitrogen and oxygen atoms in total. The minimum absolute atomic E-state index is 0.155. The van der Waals surface area contributed by atoms with Crippen LogP contribution in [0.25, 0.3) is 0 Å². The average molecular weight is 272 g/mol. The van der Waals surface area contributed by atoms with Gasteiger partial charge in [-0.15, -0.1) is 0 Å². The van der Waals surface area contributed by atoms with E-state index in [2.05, 4.69) is 6.92 Å². The highest BCUT2D eigenvalue weighted by Crippen LogP contribution is 2.11. The fourth-order valence-electron chi connectivity index (χ4n) is 2.20. The van der Waals surface area contributed by atoms with Crippen molar-refractivity contribution in [2.24, 2.45) is 0 Å². The van der Waals surface area contributed by atoms with Crippen molar-refractivity contribution < 1.29 is 14.6 Å².